The summed E-state index contributed by atoms with van der Waals surface area (Å²) in [5.41, 5.74) is 5.29. The molecule has 10 heteroatoms. The Labute approximate surface area is 157 Å². The molecule has 0 bridgehead atoms. The second-order valence-corrected chi connectivity index (χ2v) is 5.81. The largest absolute Gasteiger partial charge is 0.435 e. The highest BCUT2D eigenvalue weighted by molar-refractivity contribution is 6.46. The van der Waals surface area contributed by atoms with Gasteiger partial charge in [0.1, 0.15) is 11.6 Å². The van der Waals surface area contributed by atoms with Crippen molar-refractivity contribution in [3.8, 4) is 11.3 Å². The van der Waals surface area contributed by atoms with Crippen molar-refractivity contribution < 1.29 is 22.8 Å². The maximum atomic E-state index is 12.8. The second kappa shape index (κ2) is 7.14. The minimum atomic E-state index is -4.59. The highest BCUT2D eigenvalue weighted by Gasteiger charge is 2.35. The maximum Gasteiger partial charge on any atom is 0.435 e. The van der Waals surface area contributed by atoms with Crippen LogP contribution in [-0.4, -0.2) is 26.5 Å². The summed E-state index contributed by atoms with van der Waals surface area (Å²) in [7, 11) is 1.35. The Bertz CT molecular complexity index is 1050. The van der Waals surface area contributed by atoms with E-state index in [2.05, 4.69) is 15.4 Å². The molecule has 3 rings (SSSR count). The van der Waals surface area contributed by atoms with Crippen molar-refractivity contribution in [2.24, 2.45) is 7.05 Å². The Kier molecular flexibility index (Phi) is 4.87. The Morgan fingerprint density at radius 2 is 1.79 bits per heavy atom. The topological polar surface area (TPSA) is 103 Å². The average Bonchev–Trinajstić information content (AvgIpc) is 3.04. The number of pyridine rings is 1. The van der Waals surface area contributed by atoms with E-state index in [1.54, 1.807) is 18.2 Å². The number of rotatable bonds is 4. The number of benzene rings is 1. The van der Waals surface area contributed by atoms with Crippen molar-refractivity contribution >= 4 is 23.3 Å². The number of nitrogens with zero attached hydrogens (tertiary/aromatic N) is 3. The zero-order valence-corrected chi connectivity index (χ0v) is 14.5. The van der Waals surface area contributed by atoms with Crippen LogP contribution in [0.1, 0.15) is 16.1 Å². The molecule has 0 saturated carbocycles. The number of aryl methyl sites for hydroxylation is 1. The summed E-state index contributed by atoms with van der Waals surface area (Å²) >= 11 is 0. The van der Waals surface area contributed by atoms with Crippen molar-refractivity contribution in [2.45, 2.75) is 6.18 Å². The third kappa shape index (κ3) is 3.85. The van der Waals surface area contributed by atoms with Gasteiger partial charge in [-0.15, -0.1) is 0 Å². The van der Waals surface area contributed by atoms with Crippen LogP contribution >= 0.6 is 0 Å². The van der Waals surface area contributed by atoms with Gasteiger partial charge in [-0.25, -0.2) is 4.98 Å². The first-order chi connectivity index (χ1) is 13.2. The number of nitrogens with two attached hydrogens (primary N) is 1. The number of Topliss-reactive ketones (excluding diaryl/α,β-unsaturated/α-hetero) is 1. The van der Waals surface area contributed by atoms with E-state index in [-0.39, 0.29) is 28.5 Å². The predicted molar refractivity (Wildman–Crippen MR) is 95.3 cm³/mol. The molecule has 3 N–H and O–H groups in total. The first kappa shape index (κ1) is 19.1. The van der Waals surface area contributed by atoms with Gasteiger partial charge >= 0.3 is 6.18 Å². The number of carbonyl (C=O) groups is 2. The fourth-order valence-corrected chi connectivity index (χ4v) is 2.51. The van der Waals surface area contributed by atoms with E-state index in [1.165, 1.54) is 31.3 Å². The summed E-state index contributed by atoms with van der Waals surface area (Å²) in [6.07, 6.45) is -4.59. The highest BCUT2D eigenvalue weighted by Crippen LogP contribution is 2.33. The number of alkyl halides is 3. The molecule has 1 aromatic carbocycles. The van der Waals surface area contributed by atoms with Gasteiger partial charge in [0, 0.05) is 18.2 Å². The third-order valence-corrected chi connectivity index (χ3v) is 3.85. The zero-order valence-electron chi connectivity index (χ0n) is 14.5. The van der Waals surface area contributed by atoms with Crippen molar-refractivity contribution in [1.29, 1.82) is 0 Å². The van der Waals surface area contributed by atoms with Crippen LogP contribution < -0.4 is 11.1 Å². The summed E-state index contributed by atoms with van der Waals surface area (Å²) in [5, 5.41) is 5.74. The lowest BCUT2D eigenvalue weighted by atomic mass is 10.1. The fraction of sp³-hybridized carbons (Fsp3) is 0.111. The molecule has 1 amide bonds. The fourth-order valence-electron chi connectivity index (χ4n) is 2.51. The van der Waals surface area contributed by atoms with Gasteiger partial charge in [0.05, 0.1) is 5.69 Å². The Balaban J connectivity index is 1.82. The van der Waals surface area contributed by atoms with Crippen molar-refractivity contribution in [1.82, 2.24) is 14.8 Å². The van der Waals surface area contributed by atoms with Gasteiger partial charge in [0.15, 0.2) is 5.69 Å². The summed E-state index contributed by atoms with van der Waals surface area (Å²) < 4.78 is 39.5. The van der Waals surface area contributed by atoms with Crippen LogP contribution in [0.3, 0.4) is 0 Å². The lowest BCUT2D eigenvalue weighted by molar-refractivity contribution is -0.141. The number of aromatic nitrogens is 3. The summed E-state index contributed by atoms with van der Waals surface area (Å²) in [6.45, 7) is 0. The average molecular weight is 389 g/mol. The lowest BCUT2D eigenvalue weighted by Crippen LogP contribution is -2.23. The number of hydrogen-bond acceptors (Lipinski definition) is 5. The van der Waals surface area contributed by atoms with Crippen LogP contribution in [0.25, 0.3) is 11.3 Å². The Hall–Kier alpha value is -3.69. The Morgan fingerprint density at radius 3 is 2.36 bits per heavy atom. The molecule has 0 radical (unpaired) electrons. The number of ketones is 1. The lowest BCUT2D eigenvalue weighted by Gasteiger charge is -2.08. The van der Waals surface area contributed by atoms with Crippen LogP contribution in [0, 0.1) is 0 Å². The van der Waals surface area contributed by atoms with E-state index >= 15 is 0 Å². The normalized spacial score (nSPS) is 11.3. The van der Waals surface area contributed by atoms with Gasteiger partial charge in [0.25, 0.3) is 11.7 Å². The molecule has 0 saturated heterocycles. The smallest absolute Gasteiger partial charge is 0.383 e. The zero-order chi connectivity index (χ0) is 20.5. The number of nitrogens with one attached hydrogen (secondary N) is 1. The molecule has 144 valence electrons. The number of nitrogen functional groups attached to an aromatic ring is 1. The molecular formula is C18H14F3N5O2. The third-order valence-electron chi connectivity index (χ3n) is 3.85. The molecule has 0 aliphatic heterocycles. The van der Waals surface area contributed by atoms with Crippen LogP contribution in [-0.2, 0) is 18.0 Å². The van der Waals surface area contributed by atoms with E-state index in [0.717, 1.165) is 10.7 Å². The number of amides is 1. The quantitative estimate of drug-likeness (QED) is 0.528. The van der Waals surface area contributed by atoms with E-state index in [1.807, 2.05) is 0 Å². The molecule has 7 nitrogen and oxygen atoms in total. The molecule has 0 aliphatic carbocycles. The van der Waals surface area contributed by atoms with Crippen molar-refractivity contribution in [3.05, 3.63) is 59.8 Å². The summed E-state index contributed by atoms with van der Waals surface area (Å²) in [5.74, 6) is -1.80. The molecule has 0 aliphatic rings. The van der Waals surface area contributed by atoms with Gasteiger partial charge in [-0.05, 0) is 18.2 Å². The summed E-state index contributed by atoms with van der Waals surface area (Å²) in [4.78, 5) is 28.1. The van der Waals surface area contributed by atoms with Gasteiger partial charge in [0.2, 0.25) is 0 Å². The monoisotopic (exact) mass is 389 g/mol. The minimum Gasteiger partial charge on any atom is -0.383 e. The van der Waals surface area contributed by atoms with Gasteiger partial charge in [-0.1, -0.05) is 30.3 Å². The summed E-state index contributed by atoms with van der Waals surface area (Å²) in [6, 6.07) is 11.5. The van der Waals surface area contributed by atoms with Crippen LogP contribution in [0.4, 0.5) is 24.8 Å². The molecular weight excluding hydrogens is 375 g/mol. The van der Waals surface area contributed by atoms with E-state index < -0.39 is 23.6 Å². The molecule has 0 spiro atoms. The molecule has 0 fully saturated rings. The van der Waals surface area contributed by atoms with E-state index in [9.17, 15) is 22.8 Å². The maximum absolute atomic E-state index is 12.8. The number of carbonyl (C=O) groups excluding carboxylic acids is 2. The van der Waals surface area contributed by atoms with E-state index in [4.69, 9.17) is 5.73 Å². The molecule has 2 heterocycles. The highest BCUT2D eigenvalue weighted by atomic mass is 19.4. The molecule has 2 aromatic heterocycles. The van der Waals surface area contributed by atoms with Crippen molar-refractivity contribution in [3.63, 3.8) is 0 Å². The molecule has 3 aromatic rings. The minimum absolute atomic E-state index is 0.00579. The van der Waals surface area contributed by atoms with E-state index in [0.29, 0.717) is 0 Å². The Morgan fingerprint density at radius 1 is 1.11 bits per heavy atom. The van der Waals surface area contributed by atoms with Crippen molar-refractivity contribution in [2.75, 3.05) is 11.1 Å². The van der Waals surface area contributed by atoms with Gasteiger partial charge in [-0.2, -0.15) is 18.3 Å². The first-order valence-electron chi connectivity index (χ1n) is 7.95. The number of halogens is 3. The van der Waals surface area contributed by atoms with Gasteiger partial charge < -0.3 is 11.1 Å². The number of anilines is 2. The molecule has 0 atom stereocenters. The molecule has 0 unspecified atom stereocenters. The second-order valence-electron chi connectivity index (χ2n) is 5.81. The number of hydrogen-bond donors (Lipinski definition) is 2. The van der Waals surface area contributed by atoms with Crippen LogP contribution in [0.2, 0.25) is 0 Å². The van der Waals surface area contributed by atoms with Crippen LogP contribution in [0.15, 0.2) is 48.5 Å². The predicted octanol–water partition coefficient (Wildman–Crippen LogP) is 2.90. The SMILES string of the molecule is Cn1nc(C(F)(F)F)cc1-c1ccc(NC(=O)C(=O)c2ccccc2)nc1N. The molecule has 28 heavy (non-hydrogen) atoms. The first-order valence-corrected chi connectivity index (χ1v) is 7.95. The van der Waals surface area contributed by atoms with Crippen LogP contribution in [0.5, 0.6) is 0 Å². The standard InChI is InChI=1S/C18H14F3N5O2/c1-26-12(9-13(25-26)18(19,20)21)11-7-8-14(23-16(11)22)24-17(28)15(27)10-5-3-2-4-6-10/h2-9H,1H3,(H3,22,23,24,28). The van der Waals surface area contributed by atoms with Gasteiger partial charge in [-0.3, -0.25) is 14.3 Å².